The fraction of sp³-hybridized carbons (Fsp3) is 0.889. The molecule has 0 bridgehead atoms. The van der Waals surface area contributed by atoms with Crippen LogP contribution < -0.4 is 0 Å². The third-order valence-corrected chi connectivity index (χ3v) is 6.16. The fourth-order valence-electron chi connectivity index (χ4n) is 2.88. The Morgan fingerprint density at radius 1 is 0.196 bits per heavy atom. The molecule has 0 atom stereocenters. The summed E-state index contributed by atoms with van der Waals surface area (Å²) < 4.78 is 440. The van der Waals surface area contributed by atoms with Gasteiger partial charge in [-0.3, -0.25) is 0 Å². The Bertz CT molecular complexity index is 1290. The smallest absolute Gasteiger partial charge is 0.195 e. The molecule has 0 aliphatic rings. The molecule has 0 heterocycles. The van der Waals surface area contributed by atoms with Crippen molar-refractivity contribution in [1.82, 2.24) is 0 Å². The third-order valence-electron chi connectivity index (χ3n) is 6.16. The first kappa shape index (κ1) is 48.4. The molecule has 0 aromatic rings. The second-order valence-electron chi connectivity index (χ2n) is 9.37. The second-order valence-corrected chi connectivity index (χ2v) is 9.37. The molecule has 0 saturated heterocycles. The first-order valence-corrected chi connectivity index (χ1v) is 10.7. The van der Waals surface area contributed by atoms with E-state index in [-0.39, 0.29) is 0 Å². The van der Waals surface area contributed by atoms with Crippen molar-refractivity contribution in [3.63, 3.8) is 0 Å². The average molecular weight is 846 g/mol. The zero-order valence-electron chi connectivity index (χ0n) is 21.8. The molecule has 0 radical (unpaired) electrons. The van der Waals surface area contributed by atoms with E-state index in [0.717, 1.165) is 0 Å². The molecule has 0 fully saturated rings. The molecule has 51 heavy (non-hydrogen) atoms. The molecule has 0 unspecified atom stereocenters. The highest BCUT2D eigenvalue weighted by atomic mass is 19.4. The van der Waals surface area contributed by atoms with Gasteiger partial charge >= 0.3 is 95.0 Å². The zero-order valence-corrected chi connectivity index (χ0v) is 21.8. The standard InChI is InChI=1S/C18H3F33/c1-2-3(19,20)4(21,22)5(23,24)6(25,26)7(27,28)8(29,30)9(31,32)10(33,34)11(35,36)12(37,38)13(39,40)14(41,42)15(43,44)16(45,46)17(47,48)18(49,50)51/h2H,1H2. The minimum absolute atomic E-state index is 1.51. The van der Waals surface area contributed by atoms with Crippen LogP contribution in [0.25, 0.3) is 0 Å². The Balaban J connectivity index is 7.73. The maximum atomic E-state index is 13.8. The summed E-state index contributed by atoms with van der Waals surface area (Å²) in [7, 11) is 0. The van der Waals surface area contributed by atoms with Gasteiger partial charge < -0.3 is 0 Å². The van der Waals surface area contributed by atoms with E-state index in [1.807, 2.05) is 0 Å². The Morgan fingerprint density at radius 3 is 0.431 bits per heavy atom. The molecule has 0 spiro atoms. The van der Waals surface area contributed by atoms with Gasteiger partial charge in [-0.2, -0.15) is 145 Å². The molecule has 0 rings (SSSR count). The van der Waals surface area contributed by atoms with Gasteiger partial charge in [0.15, 0.2) is 0 Å². The predicted octanol–water partition coefficient (Wildman–Crippen LogP) is 11.3. The van der Waals surface area contributed by atoms with Crippen molar-refractivity contribution in [2.45, 2.75) is 95.0 Å². The Kier molecular flexibility index (Phi) is 10.9. The maximum Gasteiger partial charge on any atom is 0.460 e. The molecule has 306 valence electrons. The number of rotatable bonds is 15. The monoisotopic (exact) mass is 846 g/mol. The summed E-state index contributed by atoms with van der Waals surface area (Å²) >= 11 is 0. The average Bonchev–Trinajstić information content (AvgIpc) is 2.90. The minimum Gasteiger partial charge on any atom is -0.195 e. The highest BCUT2D eigenvalue weighted by Gasteiger charge is 3.01. The number of hydrogen-bond donors (Lipinski definition) is 0. The number of hydrogen-bond acceptors (Lipinski definition) is 0. The third kappa shape index (κ3) is 5.34. The highest BCUT2D eigenvalue weighted by molar-refractivity contribution is 5.22. The van der Waals surface area contributed by atoms with Crippen LogP contribution in [0, 0.1) is 0 Å². The molecule has 33 heteroatoms. The van der Waals surface area contributed by atoms with Gasteiger partial charge in [0.25, 0.3) is 0 Å². The van der Waals surface area contributed by atoms with Gasteiger partial charge in [0.1, 0.15) is 0 Å². The van der Waals surface area contributed by atoms with E-state index in [4.69, 9.17) is 0 Å². The minimum atomic E-state index is -10.2. The zero-order chi connectivity index (χ0) is 42.7. The molecule has 0 nitrogen and oxygen atoms in total. The van der Waals surface area contributed by atoms with Crippen molar-refractivity contribution in [2.75, 3.05) is 0 Å². The first-order valence-electron chi connectivity index (χ1n) is 10.7. The Labute approximate surface area is 254 Å². The van der Waals surface area contributed by atoms with Crippen molar-refractivity contribution in [3.8, 4) is 0 Å². The van der Waals surface area contributed by atoms with Crippen LogP contribution in [0.3, 0.4) is 0 Å². The summed E-state index contributed by atoms with van der Waals surface area (Å²) in [6.45, 7) is 1.51. The number of halogens is 33. The van der Waals surface area contributed by atoms with Crippen LogP contribution in [0.2, 0.25) is 0 Å². The lowest BCUT2D eigenvalue weighted by atomic mass is 9.82. The van der Waals surface area contributed by atoms with Crippen molar-refractivity contribution in [1.29, 1.82) is 0 Å². The van der Waals surface area contributed by atoms with Crippen LogP contribution in [-0.4, -0.2) is 95.0 Å². The summed E-state index contributed by atoms with van der Waals surface area (Å²) in [5.41, 5.74) is 0. The lowest BCUT2D eigenvalue weighted by molar-refractivity contribution is -0.490. The van der Waals surface area contributed by atoms with Crippen LogP contribution in [0.15, 0.2) is 12.7 Å². The summed E-state index contributed by atoms with van der Waals surface area (Å²) in [4.78, 5) is 0. The Hall–Kier alpha value is -2.57. The summed E-state index contributed by atoms with van der Waals surface area (Å²) in [5.74, 6) is -142. The summed E-state index contributed by atoms with van der Waals surface area (Å²) in [5, 5.41) is 0. The van der Waals surface area contributed by atoms with E-state index in [2.05, 4.69) is 0 Å². The second kappa shape index (κ2) is 11.5. The molecule has 0 N–H and O–H groups in total. The molecular weight excluding hydrogens is 843 g/mol. The van der Waals surface area contributed by atoms with E-state index in [9.17, 15) is 145 Å². The molecule has 0 aromatic carbocycles. The van der Waals surface area contributed by atoms with Crippen molar-refractivity contribution in [2.24, 2.45) is 0 Å². The van der Waals surface area contributed by atoms with Crippen molar-refractivity contribution in [3.05, 3.63) is 12.7 Å². The van der Waals surface area contributed by atoms with Gasteiger partial charge in [-0.25, -0.2) is 0 Å². The maximum absolute atomic E-state index is 13.8. The first-order chi connectivity index (χ1) is 21.3. The van der Waals surface area contributed by atoms with Gasteiger partial charge in [0.05, 0.1) is 0 Å². The fourth-order valence-corrected chi connectivity index (χ4v) is 2.88. The topological polar surface area (TPSA) is 0 Å². The van der Waals surface area contributed by atoms with Crippen LogP contribution >= 0.6 is 0 Å². The SMILES string of the molecule is C=CC(F)(F)C(F)(F)C(F)(F)C(F)(F)C(F)(F)C(F)(F)C(F)(F)C(F)(F)C(F)(F)C(F)(F)C(F)(F)C(F)(F)C(F)(F)C(F)(F)C(F)(F)C(F)(F)F. The molecule has 0 amide bonds. The molecule has 0 saturated carbocycles. The van der Waals surface area contributed by atoms with Crippen molar-refractivity contribution >= 4 is 0 Å². The van der Waals surface area contributed by atoms with Gasteiger partial charge in [-0.1, -0.05) is 6.58 Å². The summed E-state index contributed by atoms with van der Waals surface area (Å²) in [6, 6.07) is 0. The van der Waals surface area contributed by atoms with E-state index in [1.165, 1.54) is 6.58 Å². The molecule has 0 aliphatic carbocycles. The lowest BCUT2D eigenvalue weighted by Gasteiger charge is -2.46. The van der Waals surface area contributed by atoms with Gasteiger partial charge in [-0.15, -0.1) is 0 Å². The summed E-state index contributed by atoms with van der Waals surface area (Å²) in [6.07, 6.45) is -10.3. The van der Waals surface area contributed by atoms with E-state index >= 15 is 0 Å². The highest BCUT2D eigenvalue weighted by Crippen LogP contribution is 2.69. The van der Waals surface area contributed by atoms with Gasteiger partial charge in [0, 0.05) is 0 Å². The number of alkyl halides is 33. The molecular formula is C18H3F33. The molecule has 0 aliphatic heterocycles. The lowest BCUT2D eigenvalue weighted by Crippen LogP contribution is -2.79. The van der Waals surface area contributed by atoms with Crippen molar-refractivity contribution < 1.29 is 145 Å². The van der Waals surface area contributed by atoms with Crippen LogP contribution in [0.5, 0.6) is 0 Å². The largest absolute Gasteiger partial charge is 0.460 e. The van der Waals surface area contributed by atoms with Crippen LogP contribution in [0.1, 0.15) is 0 Å². The van der Waals surface area contributed by atoms with Gasteiger partial charge in [-0.05, 0) is 6.08 Å². The van der Waals surface area contributed by atoms with E-state index in [1.54, 1.807) is 0 Å². The Morgan fingerprint density at radius 2 is 0.314 bits per heavy atom. The van der Waals surface area contributed by atoms with E-state index < -0.39 is 101 Å². The van der Waals surface area contributed by atoms with Crippen LogP contribution in [-0.2, 0) is 0 Å². The number of allylic oxidation sites excluding steroid dienone is 1. The predicted molar refractivity (Wildman–Crippen MR) is 90.5 cm³/mol. The van der Waals surface area contributed by atoms with Crippen LogP contribution in [0.4, 0.5) is 145 Å². The van der Waals surface area contributed by atoms with E-state index in [0.29, 0.717) is 0 Å². The van der Waals surface area contributed by atoms with Gasteiger partial charge in [0.2, 0.25) is 0 Å². The normalized spacial score (nSPS) is 17.2. The quantitative estimate of drug-likeness (QED) is 0.114. The molecule has 0 aromatic heterocycles.